The van der Waals surface area contributed by atoms with Crippen molar-refractivity contribution in [2.45, 2.75) is 6.92 Å². The number of hydrogen-bond acceptors (Lipinski definition) is 2. The summed E-state index contributed by atoms with van der Waals surface area (Å²) >= 11 is 11.6. The molecule has 0 bridgehead atoms. The average molecular weight is 300 g/mol. The van der Waals surface area contributed by atoms with Gasteiger partial charge in [0, 0.05) is 0 Å². The van der Waals surface area contributed by atoms with Gasteiger partial charge in [-0.3, -0.25) is 4.57 Å². The maximum Gasteiger partial charge on any atom is 0.182 e. The molecule has 0 aliphatic heterocycles. The number of aryl methyl sites for hydroxylation is 1. The van der Waals surface area contributed by atoms with E-state index in [1.165, 1.54) is 0 Å². The van der Waals surface area contributed by atoms with Crippen LogP contribution in [0.25, 0.3) is 16.7 Å². The minimum atomic E-state index is 0.561. The second-order valence-corrected chi connectivity index (χ2v) is 5.31. The van der Waals surface area contributed by atoms with Crippen molar-refractivity contribution in [1.82, 2.24) is 9.55 Å². The van der Waals surface area contributed by atoms with Crippen molar-refractivity contribution >= 4 is 34.9 Å². The molecule has 1 N–H and O–H groups in total. The van der Waals surface area contributed by atoms with Crippen LogP contribution in [0.2, 0.25) is 5.02 Å². The summed E-state index contributed by atoms with van der Waals surface area (Å²) in [6, 6.07) is 13.3. The number of aromatic nitrogens is 2. The third-order valence-electron chi connectivity index (χ3n) is 3.25. The molecule has 3 rings (SSSR count). The van der Waals surface area contributed by atoms with Gasteiger partial charge in [0.05, 0.1) is 33.4 Å². The van der Waals surface area contributed by atoms with E-state index in [4.69, 9.17) is 29.1 Å². The van der Waals surface area contributed by atoms with Crippen molar-refractivity contribution < 1.29 is 0 Å². The predicted octanol–water partition coefficient (Wildman–Crippen LogP) is 4.52. The van der Waals surface area contributed by atoms with Crippen LogP contribution in [-0.2, 0) is 0 Å². The largest absolute Gasteiger partial charge is 0.329 e. The third-order valence-corrected chi connectivity index (χ3v) is 3.85. The fraction of sp³-hybridized carbons (Fsp3) is 0.0667. The summed E-state index contributed by atoms with van der Waals surface area (Å²) in [5.74, 6) is 0. The Morgan fingerprint density at radius 1 is 1.30 bits per heavy atom. The summed E-state index contributed by atoms with van der Waals surface area (Å²) in [7, 11) is 0. The van der Waals surface area contributed by atoms with Gasteiger partial charge in [-0.2, -0.15) is 5.26 Å². The first kappa shape index (κ1) is 12.9. The number of imidazole rings is 1. The second kappa shape index (κ2) is 4.78. The molecule has 1 aromatic heterocycles. The second-order valence-electron chi connectivity index (χ2n) is 4.51. The van der Waals surface area contributed by atoms with Gasteiger partial charge >= 0.3 is 0 Å². The van der Waals surface area contributed by atoms with Crippen LogP contribution >= 0.6 is 23.8 Å². The Morgan fingerprint density at radius 3 is 2.85 bits per heavy atom. The first-order valence-corrected chi connectivity index (χ1v) is 6.81. The van der Waals surface area contributed by atoms with Crippen LogP contribution in [0.5, 0.6) is 0 Å². The highest BCUT2D eigenvalue weighted by Crippen LogP contribution is 2.27. The zero-order chi connectivity index (χ0) is 14.3. The van der Waals surface area contributed by atoms with E-state index >= 15 is 0 Å². The summed E-state index contributed by atoms with van der Waals surface area (Å²) in [6.07, 6.45) is 0. The van der Waals surface area contributed by atoms with E-state index in [9.17, 15) is 0 Å². The molecule has 0 atom stereocenters. The number of nitrogens with zero attached hydrogens (tertiary/aromatic N) is 2. The van der Waals surface area contributed by atoms with E-state index in [1.54, 1.807) is 6.07 Å². The Balaban J connectivity index is 2.42. The highest BCUT2D eigenvalue weighted by Gasteiger charge is 2.11. The molecule has 0 saturated carbocycles. The van der Waals surface area contributed by atoms with Crippen molar-refractivity contribution in [2.75, 3.05) is 0 Å². The Bertz CT molecular complexity index is 915. The number of para-hydroxylation sites is 1. The van der Waals surface area contributed by atoms with Crippen molar-refractivity contribution in [2.24, 2.45) is 0 Å². The van der Waals surface area contributed by atoms with Crippen molar-refractivity contribution in [3.8, 4) is 11.8 Å². The van der Waals surface area contributed by atoms with Gasteiger partial charge in [0.25, 0.3) is 0 Å². The molecule has 0 unspecified atom stereocenters. The zero-order valence-corrected chi connectivity index (χ0v) is 12.2. The van der Waals surface area contributed by atoms with Crippen LogP contribution in [0, 0.1) is 23.0 Å². The van der Waals surface area contributed by atoms with E-state index in [0.29, 0.717) is 15.4 Å². The fourth-order valence-electron chi connectivity index (χ4n) is 2.25. The highest BCUT2D eigenvalue weighted by molar-refractivity contribution is 7.71. The van der Waals surface area contributed by atoms with Crippen LogP contribution in [0.4, 0.5) is 0 Å². The number of halogens is 1. The zero-order valence-electron chi connectivity index (χ0n) is 10.6. The minimum absolute atomic E-state index is 0.561. The molecule has 0 aliphatic rings. The molecule has 20 heavy (non-hydrogen) atoms. The average Bonchev–Trinajstić information content (AvgIpc) is 2.77. The molecule has 0 radical (unpaired) electrons. The maximum absolute atomic E-state index is 9.06. The van der Waals surface area contributed by atoms with Gasteiger partial charge in [-0.25, -0.2) is 0 Å². The molecule has 98 valence electrons. The van der Waals surface area contributed by atoms with Gasteiger partial charge < -0.3 is 4.98 Å². The summed E-state index contributed by atoms with van der Waals surface area (Å²) in [5.41, 5.74) is 4.24. The Morgan fingerprint density at radius 2 is 2.10 bits per heavy atom. The molecule has 3 aromatic rings. The molecule has 0 spiro atoms. The van der Waals surface area contributed by atoms with E-state index < -0.39 is 0 Å². The number of nitrogens with one attached hydrogen (secondary N) is 1. The molecular weight excluding hydrogens is 290 g/mol. The van der Waals surface area contributed by atoms with E-state index in [2.05, 4.69) is 11.1 Å². The molecule has 0 saturated heterocycles. The number of aromatic amines is 1. The number of hydrogen-bond donors (Lipinski definition) is 1. The normalized spacial score (nSPS) is 10.7. The van der Waals surface area contributed by atoms with Crippen molar-refractivity contribution in [3.05, 3.63) is 57.3 Å². The highest BCUT2D eigenvalue weighted by atomic mass is 35.5. The van der Waals surface area contributed by atoms with Gasteiger partial charge in [0.15, 0.2) is 4.77 Å². The monoisotopic (exact) mass is 299 g/mol. The van der Waals surface area contributed by atoms with Gasteiger partial charge in [-0.05, 0) is 49.0 Å². The number of nitriles is 1. The van der Waals surface area contributed by atoms with Gasteiger partial charge in [-0.15, -0.1) is 0 Å². The van der Waals surface area contributed by atoms with Gasteiger partial charge in [-0.1, -0.05) is 23.7 Å². The van der Waals surface area contributed by atoms with Crippen LogP contribution < -0.4 is 0 Å². The number of H-pyrrole nitrogens is 1. The van der Waals surface area contributed by atoms with Crippen LogP contribution in [-0.4, -0.2) is 9.55 Å². The molecule has 1 heterocycles. The quantitative estimate of drug-likeness (QED) is 0.671. The SMILES string of the molecule is Cc1ccc(C#N)cc1-n1c(=S)[nH]c2c(Cl)cccc21. The van der Waals surface area contributed by atoms with E-state index in [0.717, 1.165) is 22.3 Å². The topological polar surface area (TPSA) is 44.5 Å². The Hall–Kier alpha value is -2.09. The van der Waals surface area contributed by atoms with Crippen LogP contribution in [0.3, 0.4) is 0 Å². The molecular formula is C15H10ClN3S. The minimum Gasteiger partial charge on any atom is -0.329 e. The van der Waals surface area contributed by atoms with E-state index in [-0.39, 0.29) is 0 Å². The van der Waals surface area contributed by atoms with Crippen molar-refractivity contribution in [1.29, 1.82) is 5.26 Å². The van der Waals surface area contributed by atoms with E-state index in [1.807, 2.05) is 41.8 Å². The molecule has 0 aliphatic carbocycles. The predicted molar refractivity (Wildman–Crippen MR) is 82.9 cm³/mol. The lowest BCUT2D eigenvalue weighted by molar-refractivity contribution is 1.05. The Kier molecular flexibility index (Phi) is 3.09. The lowest BCUT2D eigenvalue weighted by atomic mass is 10.1. The Labute approximate surface area is 126 Å². The van der Waals surface area contributed by atoms with Crippen LogP contribution in [0.15, 0.2) is 36.4 Å². The summed E-state index contributed by atoms with van der Waals surface area (Å²) in [5, 5.41) is 9.69. The maximum atomic E-state index is 9.06. The molecule has 0 amide bonds. The lowest BCUT2D eigenvalue weighted by Crippen LogP contribution is -1.97. The van der Waals surface area contributed by atoms with Gasteiger partial charge in [0.2, 0.25) is 0 Å². The summed E-state index contributed by atoms with van der Waals surface area (Å²) < 4.78 is 2.47. The standard InChI is InChI=1S/C15H10ClN3S/c1-9-5-6-10(8-17)7-13(9)19-12-4-2-3-11(16)14(12)18-15(19)20/h2-7H,1H3,(H,18,20). The number of fused-ring (bicyclic) bond motifs is 1. The smallest absolute Gasteiger partial charge is 0.182 e. The van der Waals surface area contributed by atoms with Crippen LogP contribution in [0.1, 0.15) is 11.1 Å². The fourth-order valence-corrected chi connectivity index (χ4v) is 2.77. The first-order chi connectivity index (χ1) is 9.61. The third kappa shape index (κ3) is 1.92. The summed E-state index contributed by atoms with van der Waals surface area (Å²) in [4.78, 5) is 3.12. The van der Waals surface area contributed by atoms with Gasteiger partial charge in [0.1, 0.15) is 0 Å². The molecule has 2 aromatic carbocycles. The number of rotatable bonds is 1. The molecule has 5 heteroatoms. The lowest BCUT2D eigenvalue weighted by Gasteiger charge is -2.09. The summed E-state index contributed by atoms with van der Waals surface area (Å²) in [6.45, 7) is 1.99. The first-order valence-electron chi connectivity index (χ1n) is 6.02. The van der Waals surface area contributed by atoms with Crippen molar-refractivity contribution in [3.63, 3.8) is 0 Å². The molecule has 3 nitrogen and oxygen atoms in total. The number of benzene rings is 2. The molecule has 0 fully saturated rings.